The number of rotatable bonds is 7. The first-order chi connectivity index (χ1) is 46.2. The van der Waals surface area contributed by atoms with Crippen LogP contribution >= 0.6 is 0 Å². The number of fused-ring (bicyclic) bond motifs is 14. The fourth-order valence-corrected chi connectivity index (χ4v) is 14.3. The Morgan fingerprint density at radius 2 is 1.06 bits per heavy atom. The molecule has 6 heterocycles. The third kappa shape index (κ3) is 15.8. The molecule has 0 unspecified atom stereocenters. The number of alkyl carbamates (subject to hydrolysis) is 2. The number of nitrogens with one attached hydrogen (secondary N) is 4. The van der Waals surface area contributed by atoms with Crippen molar-refractivity contribution in [3.05, 3.63) is 121 Å². The molecule has 6 aliphatic rings. The van der Waals surface area contributed by atoms with Gasteiger partial charge in [0, 0.05) is 29.9 Å². The van der Waals surface area contributed by atoms with E-state index in [-0.39, 0.29) is 62.7 Å². The van der Waals surface area contributed by atoms with Crippen molar-refractivity contribution in [1.82, 2.24) is 50.4 Å². The van der Waals surface area contributed by atoms with E-state index in [1.54, 1.807) is 20.8 Å². The van der Waals surface area contributed by atoms with Gasteiger partial charge in [0.05, 0.1) is 53.6 Å². The lowest BCUT2D eigenvalue weighted by Crippen LogP contribution is -2.60. The zero-order valence-electron chi connectivity index (χ0n) is 57.2. The van der Waals surface area contributed by atoms with Crippen molar-refractivity contribution in [3.63, 3.8) is 0 Å². The topological polar surface area (TPSA) is 317 Å². The lowest BCUT2D eigenvalue weighted by molar-refractivity contribution is -0.150. The first-order valence-electron chi connectivity index (χ1n) is 33.5. The summed E-state index contributed by atoms with van der Waals surface area (Å²) in [6.07, 6.45) is 2.58. The molecular formula is C73H88N10O14S. The highest BCUT2D eigenvalue weighted by molar-refractivity contribution is 7.91. The van der Waals surface area contributed by atoms with Gasteiger partial charge >= 0.3 is 18.2 Å². The molecule has 98 heavy (non-hydrogen) atoms. The number of carbonyl (C=O) groups is 7. The summed E-state index contributed by atoms with van der Waals surface area (Å²) in [7, 11) is -3.91. The molecule has 8 bridgehead atoms. The Bertz CT molecular complexity index is 4240. The Hall–Kier alpha value is -9.26. The maximum atomic E-state index is 14.7. The molecular weight excluding hydrogens is 1270 g/mol. The average molecular weight is 1360 g/mol. The summed E-state index contributed by atoms with van der Waals surface area (Å²) in [6, 6.07) is 26.4. The largest absolute Gasteiger partial charge is 0.480 e. The van der Waals surface area contributed by atoms with Gasteiger partial charge in [-0.25, -0.2) is 42.7 Å². The van der Waals surface area contributed by atoms with Crippen molar-refractivity contribution < 1.29 is 66.0 Å². The van der Waals surface area contributed by atoms with Crippen molar-refractivity contribution in [2.75, 3.05) is 26.3 Å². The number of carboxylic acids is 1. The van der Waals surface area contributed by atoms with E-state index in [4.69, 9.17) is 38.9 Å². The first kappa shape index (κ1) is 70.1. The average Bonchev–Trinajstić information content (AvgIpc) is 1.57. The normalized spacial score (nSPS) is 25.2. The number of para-hydroxylation sites is 4. The van der Waals surface area contributed by atoms with Crippen LogP contribution in [-0.4, -0.2) is 159 Å². The summed E-state index contributed by atoms with van der Waals surface area (Å²) >= 11 is 0. The van der Waals surface area contributed by atoms with Crippen LogP contribution in [0.1, 0.15) is 125 Å². The summed E-state index contributed by atoms with van der Waals surface area (Å²) in [5, 5.41) is 17.7. The maximum absolute atomic E-state index is 14.7. The zero-order chi connectivity index (χ0) is 70.4. The van der Waals surface area contributed by atoms with E-state index in [2.05, 4.69) is 33.3 Å². The molecule has 2 saturated heterocycles. The summed E-state index contributed by atoms with van der Waals surface area (Å²) in [4.78, 5) is 117. The minimum absolute atomic E-state index is 0.00210. The maximum Gasteiger partial charge on any atom is 0.407 e. The lowest BCUT2D eigenvalue weighted by Gasteiger charge is -2.35. The van der Waals surface area contributed by atoms with Crippen molar-refractivity contribution in [2.45, 2.75) is 174 Å². The predicted molar refractivity (Wildman–Crippen MR) is 366 cm³/mol. The number of benzene rings is 4. The minimum atomic E-state index is -3.91. The fraction of sp³-hybridized carbons (Fsp3) is 0.493. The first-order valence-corrected chi connectivity index (χ1v) is 35.0. The Kier molecular flexibility index (Phi) is 19.5. The van der Waals surface area contributed by atoms with Gasteiger partial charge in [-0.2, -0.15) is 0 Å². The number of hydrogen-bond donors (Lipinski definition) is 5. The van der Waals surface area contributed by atoms with Gasteiger partial charge in [0.25, 0.3) is 5.91 Å². The lowest BCUT2D eigenvalue weighted by atomic mass is 9.85. The van der Waals surface area contributed by atoms with E-state index >= 15 is 0 Å². The zero-order valence-corrected chi connectivity index (χ0v) is 58.0. The van der Waals surface area contributed by atoms with Gasteiger partial charge in [-0.05, 0) is 114 Å². The van der Waals surface area contributed by atoms with Crippen LogP contribution in [0, 0.1) is 27.6 Å². The SMILES string of the molecule is C=C[C@@H]1C[C@]1(NC(=O)[C@@H]1C[C@@H]2CN1C(=O)[C@H](C(C)(C)C)NC(=O)OCC(C)(C)CCc1cccc(c1)-c1nc3ccccc3nc1O2)C(=O)NS(=O)(=O)C1CC1.CC1(C)CCc2cccc(c2)-c2nc3ccccc3nc2O[C@@H]2C[C@@H](C(=O)O)N(C2)C(=O)[C@H](C(C)(C)C)NC(=O)OC1. The van der Waals surface area contributed by atoms with Crippen LogP contribution in [0.5, 0.6) is 11.8 Å². The third-order valence-electron chi connectivity index (χ3n) is 19.1. The van der Waals surface area contributed by atoms with E-state index in [1.165, 1.54) is 15.9 Å². The highest BCUT2D eigenvalue weighted by Crippen LogP contribution is 2.46. The van der Waals surface area contributed by atoms with E-state index in [0.717, 1.165) is 35.1 Å². The summed E-state index contributed by atoms with van der Waals surface area (Å²) in [6.45, 7) is 22.9. The predicted octanol–water partition coefficient (Wildman–Crippen LogP) is 9.27. The van der Waals surface area contributed by atoms with Crippen molar-refractivity contribution in [3.8, 4) is 34.3 Å². The second kappa shape index (κ2) is 27.2. The smallest absolute Gasteiger partial charge is 0.407 e. The van der Waals surface area contributed by atoms with Crippen LogP contribution in [0.25, 0.3) is 44.6 Å². The number of aromatic nitrogens is 4. The Morgan fingerprint density at radius 3 is 1.47 bits per heavy atom. The molecule has 0 spiro atoms. The number of hydrogen-bond acceptors (Lipinski definition) is 17. The highest BCUT2D eigenvalue weighted by Gasteiger charge is 2.62. The Balaban J connectivity index is 0.000000207. The van der Waals surface area contributed by atoms with Gasteiger partial charge in [0.15, 0.2) is 0 Å². The van der Waals surface area contributed by atoms with Gasteiger partial charge < -0.3 is 49.8 Å². The molecule has 2 saturated carbocycles. The Morgan fingerprint density at radius 1 is 0.633 bits per heavy atom. The van der Waals surface area contributed by atoms with E-state index in [0.29, 0.717) is 59.1 Å². The molecule has 5 N–H and O–H groups in total. The molecule has 12 rings (SSSR count). The number of amides is 6. The monoisotopic (exact) mass is 1360 g/mol. The number of ether oxygens (including phenoxy) is 4. The number of carboxylic acid groups (broad SMARTS) is 1. The van der Waals surface area contributed by atoms with Crippen LogP contribution < -0.4 is 30.1 Å². The van der Waals surface area contributed by atoms with Crippen LogP contribution in [0.15, 0.2) is 110 Å². The van der Waals surface area contributed by atoms with Gasteiger partial charge in [-0.1, -0.05) is 136 Å². The number of aryl methyl sites for hydroxylation is 2. The van der Waals surface area contributed by atoms with Gasteiger partial charge in [-0.3, -0.25) is 23.9 Å². The number of cyclic esters (lactones) is 2. The quantitative estimate of drug-likeness (QED) is 0.0929. The fourth-order valence-electron chi connectivity index (χ4n) is 12.9. The molecule has 4 aliphatic heterocycles. The van der Waals surface area contributed by atoms with Gasteiger partial charge in [0.2, 0.25) is 39.5 Å². The number of sulfonamides is 1. The van der Waals surface area contributed by atoms with Crippen molar-refractivity contribution in [1.29, 1.82) is 0 Å². The molecule has 25 heteroatoms. The molecule has 2 aromatic heterocycles. The van der Waals surface area contributed by atoms with Crippen molar-refractivity contribution in [2.24, 2.45) is 27.6 Å². The highest BCUT2D eigenvalue weighted by atomic mass is 32.2. The van der Waals surface area contributed by atoms with Crippen molar-refractivity contribution >= 4 is 73.9 Å². The standard InChI is InChI=1S/C41H50N6O8S.C32H38N4O6/c1-7-26-21-41(26,37(50)46-56(52,53)28-15-16-28)45-34(48)31-20-27-22-47(31)36(49)33(39(2,3)4)44-38(51)54-23-40(5,6)18-17-24-11-10-12-25(19-24)32-35(55-27)43-30-14-9-8-13-29(30)42-32;1-31(2,3)26-28(37)36-17-21(16-24(36)29(38)39)42-27-25(33-22-11-6-7-12-23(22)34-27)20-10-8-9-19(15-20)13-14-32(4,5)18-41-30(40)35-26/h7-14,19,26-28,31,33H,1,15-18,20-23H2,2-6H3,(H,44,51)(H,45,48)(H,46,50);6-12,15,21,24,26H,13-14,16-18H2,1-5H3,(H,35,40)(H,38,39)/t26-,27-,31+,33-,41-;21-,24+,26-/m11/s1. The molecule has 8 atom stereocenters. The molecule has 6 aromatic rings. The van der Waals surface area contributed by atoms with Gasteiger partial charge in [-0.15, -0.1) is 6.58 Å². The number of aliphatic carboxylic acids is 1. The summed E-state index contributed by atoms with van der Waals surface area (Å²) in [5.41, 5.74) is 3.54. The van der Waals surface area contributed by atoms with Crippen LogP contribution in [0.4, 0.5) is 9.59 Å². The van der Waals surface area contributed by atoms with E-state index in [9.17, 15) is 47.1 Å². The van der Waals surface area contributed by atoms with Crippen LogP contribution in [0.3, 0.4) is 0 Å². The summed E-state index contributed by atoms with van der Waals surface area (Å²) < 4.78 is 52.1. The number of nitrogens with zero attached hydrogens (tertiary/aromatic N) is 6. The molecule has 520 valence electrons. The van der Waals surface area contributed by atoms with Crippen LogP contribution in [-0.2, 0) is 56.3 Å². The molecule has 2 aliphatic carbocycles. The van der Waals surface area contributed by atoms with Crippen LogP contribution in [0.2, 0.25) is 0 Å². The molecule has 0 radical (unpaired) electrons. The van der Waals surface area contributed by atoms with E-state index < -0.39 is 121 Å². The summed E-state index contributed by atoms with van der Waals surface area (Å²) in [5.74, 6) is -3.74. The van der Waals surface area contributed by atoms with E-state index in [1.807, 2.05) is 139 Å². The molecule has 24 nitrogen and oxygen atoms in total. The molecule has 6 amide bonds. The second-order valence-corrected chi connectivity index (χ2v) is 32.4. The molecule has 4 fully saturated rings. The third-order valence-corrected chi connectivity index (χ3v) is 20.9. The van der Waals surface area contributed by atoms with Gasteiger partial charge in [0.1, 0.15) is 53.3 Å². The molecule has 4 aromatic carbocycles. The minimum Gasteiger partial charge on any atom is -0.480 e. The number of carbonyl (C=O) groups excluding carboxylic acids is 6. The Labute approximate surface area is 570 Å². The second-order valence-electron chi connectivity index (χ2n) is 30.5.